The molecule has 9 heteroatoms. The molecule has 0 aliphatic carbocycles. The number of carbonyl (C=O) groups is 2. The first-order chi connectivity index (χ1) is 22.8. The van der Waals surface area contributed by atoms with Crippen LogP contribution >= 0.6 is 7.82 Å². The molecule has 0 saturated heterocycles. The van der Waals surface area contributed by atoms with Gasteiger partial charge in [-0.15, -0.1) is 0 Å². The Bertz CT molecular complexity index is 905. The zero-order valence-electron chi connectivity index (χ0n) is 29.7. The molecule has 0 radical (unpaired) electrons. The minimum absolute atomic E-state index is 0.208. The standard InChI is InChI=1S/C38H67O8P/c1-3-5-7-9-11-13-15-17-19-21-22-24-26-28-30-32-37(39)44-34-36(35-45-47(41,42)43)46-38(40)33-31-29-27-25-23-20-18-16-14-12-10-8-6-4-2/h5,7,9,11,13,15,17,19,36H,3-4,6,8,10,12,14,16,18,20-35H2,1-2H3,(H2,41,42,43)/b7-5+,11-9+,15-13+,19-17+/t36-/m1/s1. The smallest absolute Gasteiger partial charge is 0.462 e. The van der Waals surface area contributed by atoms with E-state index in [1.807, 2.05) is 30.4 Å². The van der Waals surface area contributed by atoms with E-state index in [9.17, 15) is 14.2 Å². The normalized spacial score (nSPS) is 13.0. The fourth-order valence-electron chi connectivity index (χ4n) is 4.97. The van der Waals surface area contributed by atoms with E-state index in [1.54, 1.807) is 0 Å². The van der Waals surface area contributed by atoms with Crippen LogP contribution < -0.4 is 0 Å². The predicted molar refractivity (Wildman–Crippen MR) is 193 cm³/mol. The van der Waals surface area contributed by atoms with E-state index in [2.05, 4.69) is 36.6 Å². The fraction of sp³-hybridized carbons (Fsp3) is 0.737. The van der Waals surface area contributed by atoms with Crippen molar-refractivity contribution in [3.63, 3.8) is 0 Å². The molecule has 0 aliphatic heterocycles. The van der Waals surface area contributed by atoms with Crippen molar-refractivity contribution in [1.29, 1.82) is 0 Å². The first-order valence-electron chi connectivity index (χ1n) is 18.5. The second-order valence-electron chi connectivity index (χ2n) is 12.3. The summed E-state index contributed by atoms with van der Waals surface area (Å²) in [6, 6.07) is 0. The van der Waals surface area contributed by atoms with Gasteiger partial charge in [-0.2, -0.15) is 0 Å². The Labute approximate surface area is 286 Å². The lowest BCUT2D eigenvalue weighted by Crippen LogP contribution is -2.29. The van der Waals surface area contributed by atoms with Gasteiger partial charge in [0, 0.05) is 12.8 Å². The molecule has 272 valence electrons. The Morgan fingerprint density at radius 2 is 1.02 bits per heavy atom. The zero-order chi connectivity index (χ0) is 34.7. The van der Waals surface area contributed by atoms with Crippen molar-refractivity contribution in [3.8, 4) is 0 Å². The molecule has 0 aromatic rings. The van der Waals surface area contributed by atoms with Gasteiger partial charge in [0.1, 0.15) is 6.61 Å². The van der Waals surface area contributed by atoms with Crippen LogP contribution in [-0.2, 0) is 28.2 Å². The van der Waals surface area contributed by atoms with Gasteiger partial charge in [-0.25, -0.2) is 4.57 Å². The number of carbonyl (C=O) groups excluding carboxylic acids is 2. The minimum Gasteiger partial charge on any atom is -0.462 e. The third kappa shape index (κ3) is 36.7. The Balaban J connectivity index is 4.01. The number of phosphoric ester groups is 1. The van der Waals surface area contributed by atoms with E-state index in [4.69, 9.17) is 19.3 Å². The molecule has 0 bridgehead atoms. The van der Waals surface area contributed by atoms with Crippen LogP contribution in [0.3, 0.4) is 0 Å². The van der Waals surface area contributed by atoms with Crippen molar-refractivity contribution in [1.82, 2.24) is 0 Å². The van der Waals surface area contributed by atoms with E-state index in [0.717, 1.165) is 57.8 Å². The number of phosphoric acid groups is 1. The maximum atomic E-state index is 12.3. The minimum atomic E-state index is -4.75. The van der Waals surface area contributed by atoms with Crippen molar-refractivity contribution in [3.05, 3.63) is 48.6 Å². The van der Waals surface area contributed by atoms with Gasteiger partial charge in [0.2, 0.25) is 0 Å². The van der Waals surface area contributed by atoms with Crippen LogP contribution in [0.4, 0.5) is 0 Å². The fourth-order valence-corrected chi connectivity index (χ4v) is 5.33. The molecule has 0 unspecified atom stereocenters. The average Bonchev–Trinajstić information content (AvgIpc) is 3.03. The molecule has 0 aromatic heterocycles. The second-order valence-corrected chi connectivity index (χ2v) is 13.5. The van der Waals surface area contributed by atoms with Crippen LogP contribution in [0.1, 0.15) is 162 Å². The van der Waals surface area contributed by atoms with Crippen LogP contribution in [0.25, 0.3) is 0 Å². The summed E-state index contributed by atoms with van der Waals surface area (Å²) in [6.45, 7) is 3.51. The summed E-state index contributed by atoms with van der Waals surface area (Å²) in [6.07, 6.45) is 39.7. The van der Waals surface area contributed by atoms with Gasteiger partial charge >= 0.3 is 19.8 Å². The number of rotatable bonds is 33. The third-order valence-corrected chi connectivity index (χ3v) is 8.19. The van der Waals surface area contributed by atoms with Gasteiger partial charge in [0.25, 0.3) is 0 Å². The lowest BCUT2D eigenvalue weighted by Gasteiger charge is -2.18. The van der Waals surface area contributed by atoms with Gasteiger partial charge in [0.05, 0.1) is 6.61 Å². The van der Waals surface area contributed by atoms with Crippen molar-refractivity contribution in [2.24, 2.45) is 0 Å². The number of hydrogen-bond acceptors (Lipinski definition) is 6. The Hall–Kier alpha value is -1.99. The van der Waals surface area contributed by atoms with Gasteiger partial charge in [-0.3, -0.25) is 14.1 Å². The molecule has 0 amide bonds. The summed E-state index contributed by atoms with van der Waals surface area (Å²) in [4.78, 5) is 42.7. The highest BCUT2D eigenvalue weighted by Gasteiger charge is 2.22. The van der Waals surface area contributed by atoms with Crippen LogP contribution in [0.2, 0.25) is 0 Å². The summed E-state index contributed by atoms with van der Waals surface area (Å²) in [5.41, 5.74) is 0. The second kappa shape index (κ2) is 33.9. The Kier molecular flexibility index (Phi) is 32.5. The van der Waals surface area contributed by atoms with Gasteiger partial charge in [0.15, 0.2) is 6.10 Å². The van der Waals surface area contributed by atoms with Crippen molar-refractivity contribution >= 4 is 19.8 Å². The Morgan fingerprint density at radius 3 is 1.53 bits per heavy atom. The molecule has 0 heterocycles. The molecule has 0 aromatic carbocycles. The molecule has 0 rings (SSSR count). The number of ether oxygens (including phenoxy) is 2. The lowest BCUT2D eigenvalue weighted by molar-refractivity contribution is -0.161. The van der Waals surface area contributed by atoms with Crippen LogP contribution in [0.5, 0.6) is 0 Å². The summed E-state index contributed by atoms with van der Waals surface area (Å²) < 4.78 is 26.3. The van der Waals surface area contributed by atoms with Crippen molar-refractivity contribution in [2.75, 3.05) is 13.2 Å². The molecular formula is C38H67O8P. The third-order valence-electron chi connectivity index (χ3n) is 7.71. The van der Waals surface area contributed by atoms with E-state index in [-0.39, 0.29) is 19.4 Å². The van der Waals surface area contributed by atoms with Crippen molar-refractivity contribution < 1.29 is 37.9 Å². The first-order valence-corrected chi connectivity index (χ1v) is 20.0. The molecule has 0 aliphatic rings. The maximum Gasteiger partial charge on any atom is 0.469 e. The highest BCUT2D eigenvalue weighted by Crippen LogP contribution is 2.36. The van der Waals surface area contributed by atoms with Crippen LogP contribution in [0.15, 0.2) is 48.6 Å². The quantitative estimate of drug-likeness (QED) is 0.0304. The Morgan fingerprint density at radius 1 is 0.574 bits per heavy atom. The lowest BCUT2D eigenvalue weighted by atomic mass is 10.0. The molecule has 47 heavy (non-hydrogen) atoms. The zero-order valence-corrected chi connectivity index (χ0v) is 30.6. The van der Waals surface area contributed by atoms with Gasteiger partial charge in [-0.1, -0.05) is 165 Å². The summed E-state index contributed by atoms with van der Waals surface area (Å²) in [5.74, 6) is -0.912. The highest BCUT2D eigenvalue weighted by atomic mass is 31.2. The van der Waals surface area contributed by atoms with Gasteiger partial charge < -0.3 is 19.3 Å². The van der Waals surface area contributed by atoms with Gasteiger partial charge in [-0.05, 0) is 32.1 Å². The van der Waals surface area contributed by atoms with E-state index < -0.39 is 32.5 Å². The molecule has 8 nitrogen and oxygen atoms in total. The van der Waals surface area contributed by atoms with Crippen LogP contribution in [-0.4, -0.2) is 41.0 Å². The number of hydrogen-bond donors (Lipinski definition) is 2. The molecular weight excluding hydrogens is 615 g/mol. The molecule has 0 fully saturated rings. The highest BCUT2D eigenvalue weighted by molar-refractivity contribution is 7.46. The number of esters is 2. The van der Waals surface area contributed by atoms with E-state index in [0.29, 0.717) is 12.8 Å². The summed E-state index contributed by atoms with van der Waals surface area (Å²) >= 11 is 0. The number of unbranched alkanes of at least 4 members (excludes halogenated alkanes) is 18. The summed E-state index contributed by atoms with van der Waals surface area (Å²) in [5, 5.41) is 0. The average molecular weight is 683 g/mol. The maximum absolute atomic E-state index is 12.3. The van der Waals surface area contributed by atoms with E-state index in [1.165, 1.54) is 64.2 Å². The summed E-state index contributed by atoms with van der Waals surface area (Å²) in [7, 11) is -4.75. The van der Waals surface area contributed by atoms with E-state index >= 15 is 0 Å². The van der Waals surface area contributed by atoms with Crippen molar-refractivity contribution in [2.45, 2.75) is 168 Å². The topological polar surface area (TPSA) is 119 Å². The first kappa shape index (κ1) is 45.0. The molecule has 0 saturated carbocycles. The SMILES string of the molecule is CC/C=C/C=C/C=C/C=C/CCCCCCCC(=O)OC[C@H](COP(=O)(O)O)OC(=O)CCCCCCCCCCCCCCCC. The molecule has 0 spiro atoms. The number of allylic oxidation sites excluding steroid dienone is 8. The van der Waals surface area contributed by atoms with Crippen LogP contribution in [0, 0.1) is 0 Å². The molecule has 2 N–H and O–H groups in total. The monoisotopic (exact) mass is 682 g/mol. The predicted octanol–water partition coefficient (Wildman–Crippen LogP) is 10.8. The molecule has 1 atom stereocenters. The largest absolute Gasteiger partial charge is 0.469 e.